The van der Waals surface area contributed by atoms with Gasteiger partial charge < -0.3 is 5.73 Å². The first-order valence-electron chi connectivity index (χ1n) is 3.12. The molecule has 8 heavy (non-hydrogen) atoms. The van der Waals surface area contributed by atoms with E-state index in [4.69, 9.17) is 5.73 Å². The Hall–Kier alpha value is 0.310. The summed E-state index contributed by atoms with van der Waals surface area (Å²) in [4.78, 5) is 0. The van der Waals surface area contributed by atoms with Crippen LogP contribution < -0.4 is 5.73 Å². The van der Waals surface area contributed by atoms with Gasteiger partial charge in [0.15, 0.2) is 0 Å². The molecule has 0 aromatic carbocycles. The molecule has 0 spiro atoms. The van der Waals surface area contributed by atoms with Crippen LogP contribution in [-0.4, -0.2) is 17.5 Å². The number of nitrogens with two attached hydrogens (primary N) is 1. The van der Waals surface area contributed by atoms with Gasteiger partial charge in [-0.15, -0.1) is 0 Å². The number of thioether (sulfide) groups is 1. The maximum absolute atomic E-state index is 5.59. The third-order valence-corrected chi connectivity index (χ3v) is 2.83. The molecule has 1 unspecified atom stereocenters. The van der Waals surface area contributed by atoms with Gasteiger partial charge in [-0.2, -0.15) is 11.8 Å². The normalized spacial score (nSPS) is 24.8. The Kier molecular flexibility index (Phi) is 2.20. The first-order chi connectivity index (χ1) is 3.79. The van der Waals surface area contributed by atoms with Crippen molar-refractivity contribution in [3.8, 4) is 0 Å². The van der Waals surface area contributed by atoms with Crippen LogP contribution in [0.1, 0.15) is 13.3 Å². The van der Waals surface area contributed by atoms with Gasteiger partial charge in [0.25, 0.3) is 0 Å². The second-order valence-electron chi connectivity index (χ2n) is 2.62. The summed E-state index contributed by atoms with van der Waals surface area (Å²) in [5.74, 6) is 3.64. The number of rotatable bonds is 2. The van der Waals surface area contributed by atoms with Crippen LogP contribution in [0.25, 0.3) is 0 Å². The van der Waals surface area contributed by atoms with Crippen molar-refractivity contribution in [1.82, 2.24) is 0 Å². The smallest absolute Gasteiger partial charge is 0.00137 e. The molecule has 0 aromatic rings. The molecule has 0 aromatic heterocycles. The minimum atomic E-state index is 0.417. The van der Waals surface area contributed by atoms with Crippen LogP contribution >= 0.6 is 11.8 Å². The van der Waals surface area contributed by atoms with Crippen LogP contribution in [0.2, 0.25) is 0 Å². The topological polar surface area (TPSA) is 26.0 Å². The van der Waals surface area contributed by atoms with E-state index in [2.05, 4.69) is 6.92 Å². The molecule has 2 N–H and O–H groups in total. The highest BCUT2D eigenvalue weighted by Gasteiger charge is 2.18. The first-order valence-corrected chi connectivity index (χ1v) is 4.28. The lowest BCUT2D eigenvalue weighted by atomic mass is 10.1. The van der Waals surface area contributed by atoms with Gasteiger partial charge in [0.2, 0.25) is 0 Å². The van der Waals surface area contributed by atoms with Gasteiger partial charge >= 0.3 is 0 Å². The molecule has 1 aliphatic heterocycles. The second kappa shape index (κ2) is 2.74. The highest BCUT2D eigenvalue weighted by atomic mass is 32.2. The van der Waals surface area contributed by atoms with Gasteiger partial charge in [-0.1, -0.05) is 0 Å². The van der Waals surface area contributed by atoms with Crippen LogP contribution in [0.3, 0.4) is 0 Å². The van der Waals surface area contributed by atoms with Crippen molar-refractivity contribution in [2.24, 2.45) is 11.7 Å². The minimum Gasteiger partial charge on any atom is -0.328 e. The largest absolute Gasteiger partial charge is 0.328 e. The van der Waals surface area contributed by atoms with Crippen molar-refractivity contribution in [1.29, 1.82) is 0 Å². The maximum Gasteiger partial charge on any atom is 0.00137 e. The summed E-state index contributed by atoms with van der Waals surface area (Å²) in [6.07, 6.45) is 1.23. The molecule has 1 nitrogen and oxygen atoms in total. The van der Waals surface area contributed by atoms with E-state index in [0.29, 0.717) is 6.04 Å². The van der Waals surface area contributed by atoms with E-state index in [1.807, 2.05) is 11.8 Å². The molecule has 1 heterocycles. The monoisotopic (exact) mass is 131 g/mol. The fourth-order valence-corrected chi connectivity index (χ4v) is 1.79. The van der Waals surface area contributed by atoms with E-state index >= 15 is 0 Å². The molecule has 1 aliphatic rings. The van der Waals surface area contributed by atoms with Crippen LogP contribution in [0, 0.1) is 5.92 Å². The van der Waals surface area contributed by atoms with E-state index in [-0.39, 0.29) is 0 Å². The van der Waals surface area contributed by atoms with Gasteiger partial charge in [0, 0.05) is 6.04 Å². The summed E-state index contributed by atoms with van der Waals surface area (Å²) in [5.41, 5.74) is 5.59. The molecule has 0 bridgehead atoms. The number of hydrogen-bond donors (Lipinski definition) is 1. The average Bonchev–Trinajstić information content (AvgIpc) is 1.55. The van der Waals surface area contributed by atoms with Crippen molar-refractivity contribution in [2.75, 3.05) is 11.5 Å². The lowest BCUT2D eigenvalue weighted by Crippen LogP contribution is -2.27. The van der Waals surface area contributed by atoms with Gasteiger partial charge in [0.05, 0.1) is 0 Å². The van der Waals surface area contributed by atoms with E-state index in [1.165, 1.54) is 17.9 Å². The molecule has 48 valence electrons. The van der Waals surface area contributed by atoms with Gasteiger partial charge in [0.1, 0.15) is 0 Å². The average molecular weight is 131 g/mol. The zero-order valence-corrected chi connectivity index (χ0v) is 6.08. The van der Waals surface area contributed by atoms with Gasteiger partial charge in [-0.3, -0.25) is 0 Å². The van der Waals surface area contributed by atoms with E-state index in [9.17, 15) is 0 Å². The molecular weight excluding hydrogens is 118 g/mol. The van der Waals surface area contributed by atoms with Gasteiger partial charge in [-0.25, -0.2) is 0 Å². The van der Waals surface area contributed by atoms with Gasteiger partial charge in [-0.05, 0) is 30.8 Å². The molecule has 1 rings (SSSR count). The Morgan fingerprint density at radius 2 is 2.38 bits per heavy atom. The van der Waals surface area contributed by atoms with Crippen molar-refractivity contribution in [3.63, 3.8) is 0 Å². The third kappa shape index (κ3) is 1.67. The van der Waals surface area contributed by atoms with E-state index in [0.717, 1.165) is 5.92 Å². The Morgan fingerprint density at radius 1 is 1.75 bits per heavy atom. The summed E-state index contributed by atoms with van der Waals surface area (Å²) < 4.78 is 0. The predicted octanol–water partition coefficient (Wildman–Crippen LogP) is 1.09. The second-order valence-corrected chi connectivity index (χ2v) is 3.69. The Labute approximate surface area is 55.0 Å². The lowest BCUT2D eigenvalue weighted by molar-refractivity contribution is 0.515. The van der Waals surface area contributed by atoms with E-state index < -0.39 is 0 Å². The molecule has 0 saturated carbocycles. The summed E-state index contributed by atoms with van der Waals surface area (Å²) in [7, 11) is 0. The highest BCUT2D eigenvalue weighted by Crippen LogP contribution is 2.27. The molecule has 0 aliphatic carbocycles. The van der Waals surface area contributed by atoms with Crippen molar-refractivity contribution < 1.29 is 0 Å². The van der Waals surface area contributed by atoms with Crippen LogP contribution in [-0.2, 0) is 0 Å². The Bertz CT molecular complexity index is 68.9. The maximum atomic E-state index is 5.59. The summed E-state index contributed by atoms with van der Waals surface area (Å²) >= 11 is 2.03. The molecule has 1 saturated heterocycles. The molecule has 0 amide bonds. The van der Waals surface area contributed by atoms with Crippen LogP contribution in [0.5, 0.6) is 0 Å². The zero-order valence-electron chi connectivity index (χ0n) is 5.26. The van der Waals surface area contributed by atoms with Crippen molar-refractivity contribution in [2.45, 2.75) is 19.4 Å². The minimum absolute atomic E-state index is 0.417. The standard InChI is InChI=1S/C6H13NS/c1-5(7)2-6-3-8-4-6/h5-6H,2-4,7H2,1H3. The van der Waals surface area contributed by atoms with Crippen LogP contribution in [0.15, 0.2) is 0 Å². The molecule has 1 fully saturated rings. The quantitative estimate of drug-likeness (QED) is 0.607. The summed E-state index contributed by atoms with van der Waals surface area (Å²) in [6.45, 7) is 2.09. The fourth-order valence-electron chi connectivity index (χ4n) is 0.946. The first kappa shape index (κ1) is 6.43. The van der Waals surface area contributed by atoms with Crippen LogP contribution in [0.4, 0.5) is 0 Å². The Balaban J connectivity index is 2.01. The number of hydrogen-bond acceptors (Lipinski definition) is 2. The predicted molar refractivity (Wildman–Crippen MR) is 39.1 cm³/mol. The SMILES string of the molecule is CC(N)CC1CSC1. The zero-order chi connectivity index (χ0) is 5.98. The molecule has 2 heteroatoms. The molecule has 1 atom stereocenters. The molecular formula is C6H13NS. The molecule has 0 radical (unpaired) electrons. The highest BCUT2D eigenvalue weighted by molar-refractivity contribution is 8.00. The fraction of sp³-hybridized carbons (Fsp3) is 1.00. The van der Waals surface area contributed by atoms with Crippen molar-refractivity contribution >= 4 is 11.8 Å². The summed E-state index contributed by atoms with van der Waals surface area (Å²) in [6, 6.07) is 0.417. The Morgan fingerprint density at radius 3 is 2.50 bits per heavy atom. The van der Waals surface area contributed by atoms with Crippen molar-refractivity contribution in [3.05, 3.63) is 0 Å². The third-order valence-electron chi connectivity index (χ3n) is 1.41. The lowest BCUT2D eigenvalue weighted by Gasteiger charge is -2.25. The van der Waals surface area contributed by atoms with E-state index in [1.54, 1.807) is 0 Å². The summed E-state index contributed by atoms with van der Waals surface area (Å²) in [5, 5.41) is 0.